The van der Waals surface area contributed by atoms with Crippen LogP contribution in [0, 0.1) is 5.82 Å². The van der Waals surface area contributed by atoms with Gasteiger partial charge in [0.1, 0.15) is 11.6 Å². The van der Waals surface area contributed by atoms with Crippen LogP contribution in [0.1, 0.15) is 5.56 Å². The van der Waals surface area contributed by atoms with Crippen molar-refractivity contribution in [3.8, 4) is 5.75 Å². The van der Waals surface area contributed by atoms with E-state index in [2.05, 4.69) is 4.74 Å². The molecule has 1 aromatic rings. The van der Waals surface area contributed by atoms with Crippen molar-refractivity contribution in [2.24, 2.45) is 0 Å². The van der Waals surface area contributed by atoms with Gasteiger partial charge in [0.25, 0.3) is 0 Å². The summed E-state index contributed by atoms with van der Waals surface area (Å²) in [7, 11) is 0. The molecule has 0 amide bonds. The summed E-state index contributed by atoms with van der Waals surface area (Å²) in [6, 6.07) is 3.01. The first-order chi connectivity index (χ1) is 6.11. The van der Waals surface area contributed by atoms with Crippen LogP contribution < -0.4 is 4.74 Å². The Kier molecular flexibility index (Phi) is 3.13. The van der Waals surface area contributed by atoms with Crippen LogP contribution in [-0.4, -0.2) is 11.7 Å². The van der Waals surface area contributed by atoms with Gasteiger partial charge in [-0.1, -0.05) is 0 Å². The topological polar surface area (TPSA) is 29.5 Å². The molecular weight excluding hydrogens is 185 g/mol. The van der Waals surface area contributed by atoms with Crippen LogP contribution >= 0.6 is 0 Å². The lowest BCUT2D eigenvalue weighted by atomic mass is 10.2. The largest absolute Gasteiger partial charge is 0.435 e. The van der Waals surface area contributed by atoms with Gasteiger partial charge in [0, 0.05) is 6.07 Å². The number of hydrogen-bond acceptors (Lipinski definition) is 2. The fraction of sp³-hybridized carbons (Fsp3) is 0.250. The van der Waals surface area contributed by atoms with E-state index in [1.807, 2.05) is 0 Å². The molecule has 0 heterocycles. The molecule has 13 heavy (non-hydrogen) atoms. The van der Waals surface area contributed by atoms with Crippen molar-refractivity contribution < 1.29 is 23.0 Å². The quantitative estimate of drug-likeness (QED) is 0.792. The Labute approximate surface area is 72.6 Å². The molecule has 0 aromatic heterocycles. The van der Waals surface area contributed by atoms with E-state index < -0.39 is 19.0 Å². The normalized spacial score (nSPS) is 10.5. The van der Waals surface area contributed by atoms with Crippen LogP contribution in [0.2, 0.25) is 0 Å². The molecule has 1 N–H and O–H groups in total. The maximum atomic E-state index is 12.6. The molecule has 0 atom stereocenters. The predicted octanol–water partition coefficient (Wildman–Crippen LogP) is 1.92. The second-order valence-electron chi connectivity index (χ2n) is 2.33. The van der Waals surface area contributed by atoms with Gasteiger partial charge in [0.05, 0.1) is 6.61 Å². The molecule has 0 radical (unpaired) electrons. The van der Waals surface area contributed by atoms with Crippen LogP contribution in [0.5, 0.6) is 5.75 Å². The Bertz CT molecular complexity index is 289. The van der Waals surface area contributed by atoms with E-state index in [1.54, 1.807) is 0 Å². The van der Waals surface area contributed by atoms with E-state index >= 15 is 0 Å². The number of benzene rings is 1. The van der Waals surface area contributed by atoms with Gasteiger partial charge in [-0.3, -0.25) is 0 Å². The Hall–Kier alpha value is -1.23. The van der Waals surface area contributed by atoms with E-state index in [1.165, 1.54) is 0 Å². The second-order valence-corrected chi connectivity index (χ2v) is 2.33. The van der Waals surface area contributed by atoms with E-state index in [4.69, 9.17) is 5.11 Å². The van der Waals surface area contributed by atoms with Crippen molar-refractivity contribution in [3.05, 3.63) is 29.6 Å². The van der Waals surface area contributed by atoms with Gasteiger partial charge in [-0.15, -0.1) is 0 Å². The highest BCUT2D eigenvalue weighted by Crippen LogP contribution is 2.18. The summed E-state index contributed by atoms with van der Waals surface area (Å²) < 4.78 is 39.9. The lowest BCUT2D eigenvalue weighted by Crippen LogP contribution is -2.02. The summed E-state index contributed by atoms with van der Waals surface area (Å²) in [5, 5.41) is 8.61. The monoisotopic (exact) mass is 192 g/mol. The third-order valence-corrected chi connectivity index (χ3v) is 1.34. The smallest absolute Gasteiger partial charge is 0.387 e. The molecule has 0 saturated heterocycles. The number of aliphatic hydroxyl groups excluding tert-OH is 1. The molecule has 0 fully saturated rings. The van der Waals surface area contributed by atoms with Gasteiger partial charge >= 0.3 is 6.61 Å². The Balaban J connectivity index is 2.88. The van der Waals surface area contributed by atoms with Gasteiger partial charge < -0.3 is 9.84 Å². The molecule has 0 saturated carbocycles. The SMILES string of the molecule is OCc1cc(F)cc(OC(F)F)c1. The Morgan fingerprint density at radius 2 is 2.00 bits per heavy atom. The first-order valence-electron chi connectivity index (χ1n) is 3.47. The van der Waals surface area contributed by atoms with Crippen molar-refractivity contribution in [2.75, 3.05) is 0 Å². The number of alkyl halides is 2. The summed E-state index contributed by atoms with van der Waals surface area (Å²) in [5.41, 5.74) is 0.190. The highest BCUT2D eigenvalue weighted by molar-refractivity contribution is 5.29. The van der Waals surface area contributed by atoms with Crippen molar-refractivity contribution in [2.45, 2.75) is 13.2 Å². The zero-order valence-corrected chi connectivity index (χ0v) is 6.51. The lowest BCUT2D eigenvalue weighted by molar-refractivity contribution is -0.0500. The average molecular weight is 192 g/mol. The lowest BCUT2D eigenvalue weighted by Gasteiger charge is -2.05. The first-order valence-corrected chi connectivity index (χ1v) is 3.47. The highest BCUT2D eigenvalue weighted by atomic mass is 19.3. The number of rotatable bonds is 3. The third kappa shape index (κ3) is 2.95. The molecule has 2 nitrogen and oxygen atoms in total. The standard InChI is InChI=1S/C8H7F3O2/c9-6-1-5(4-12)2-7(3-6)13-8(10)11/h1-3,8,12H,4H2. The molecule has 0 unspecified atom stereocenters. The van der Waals surface area contributed by atoms with Crippen LogP contribution in [-0.2, 0) is 6.61 Å². The van der Waals surface area contributed by atoms with E-state index in [0.29, 0.717) is 0 Å². The van der Waals surface area contributed by atoms with Gasteiger partial charge in [0.15, 0.2) is 0 Å². The second kappa shape index (κ2) is 4.13. The van der Waals surface area contributed by atoms with Crippen molar-refractivity contribution in [3.63, 3.8) is 0 Å². The van der Waals surface area contributed by atoms with Crippen LogP contribution in [0.15, 0.2) is 18.2 Å². The van der Waals surface area contributed by atoms with Gasteiger partial charge in [-0.05, 0) is 17.7 Å². The zero-order valence-electron chi connectivity index (χ0n) is 6.51. The van der Waals surface area contributed by atoms with Crippen LogP contribution in [0.3, 0.4) is 0 Å². The molecule has 72 valence electrons. The first kappa shape index (κ1) is 9.85. The summed E-state index contributed by atoms with van der Waals surface area (Å²) in [5.74, 6) is -1.01. The van der Waals surface area contributed by atoms with Crippen molar-refractivity contribution in [1.82, 2.24) is 0 Å². The molecule has 0 spiro atoms. The summed E-state index contributed by atoms with van der Waals surface area (Å²) in [6.07, 6.45) is 0. The molecular formula is C8H7F3O2. The predicted molar refractivity (Wildman–Crippen MR) is 39.0 cm³/mol. The number of halogens is 3. The fourth-order valence-corrected chi connectivity index (χ4v) is 0.883. The molecule has 1 rings (SSSR count). The summed E-state index contributed by atoms with van der Waals surface area (Å²) in [6.45, 7) is -3.41. The van der Waals surface area contributed by atoms with Crippen LogP contribution in [0.4, 0.5) is 13.2 Å². The number of aliphatic hydroxyl groups is 1. The molecule has 1 aromatic carbocycles. The maximum Gasteiger partial charge on any atom is 0.387 e. The number of ether oxygens (including phenoxy) is 1. The molecule has 5 heteroatoms. The summed E-state index contributed by atoms with van der Waals surface area (Å²) >= 11 is 0. The van der Waals surface area contributed by atoms with E-state index in [9.17, 15) is 13.2 Å². The minimum Gasteiger partial charge on any atom is -0.435 e. The van der Waals surface area contributed by atoms with Crippen molar-refractivity contribution in [1.29, 1.82) is 0 Å². The average Bonchev–Trinajstić information content (AvgIpc) is 2.01. The Morgan fingerprint density at radius 3 is 2.54 bits per heavy atom. The van der Waals surface area contributed by atoms with E-state index in [-0.39, 0.29) is 11.3 Å². The molecule has 0 bridgehead atoms. The fourth-order valence-electron chi connectivity index (χ4n) is 0.883. The van der Waals surface area contributed by atoms with Gasteiger partial charge in [-0.25, -0.2) is 4.39 Å². The minimum absolute atomic E-state index is 0.190. The molecule has 0 aliphatic rings. The summed E-state index contributed by atoms with van der Waals surface area (Å²) in [4.78, 5) is 0. The highest BCUT2D eigenvalue weighted by Gasteiger charge is 2.06. The van der Waals surface area contributed by atoms with Gasteiger partial charge in [-0.2, -0.15) is 8.78 Å². The minimum atomic E-state index is -2.99. The van der Waals surface area contributed by atoms with Crippen LogP contribution in [0.25, 0.3) is 0 Å². The Morgan fingerprint density at radius 1 is 1.31 bits per heavy atom. The molecule has 0 aliphatic carbocycles. The maximum absolute atomic E-state index is 12.6. The zero-order chi connectivity index (χ0) is 9.84. The third-order valence-electron chi connectivity index (χ3n) is 1.34. The molecule has 0 aliphatic heterocycles. The van der Waals surface area contributed by atoms with Crippen molar-refractivity contribution >= 4 is 0 Å². The number of hydrogen-bond donors (Lipinski definition) is 1. The van der Waals surface area contributed by atoms with Gasteiger partial charge in [0.2, 0.25) is 0 Å². The van der Waals surface area contributed by atoms with E-state index in [0.717, 1.165) is 18.2 Å².